The number of alkyl halides is 1. The highest BCUT2D eigenvalue weighted by Crippen LogP contribution is 2.33. The lowest BCUT2D eigenvalue weighted by molar-refractivity contribution is 0.412. The van der Waals surface area contributed by atoms with Crippen LogP contribution in [0.5, 0.6) is 0 Å². The van der Waals surface area contributed by atoms with Gasteiger partial charge in [0.15, 0.2) is 11.6 Å². The highest BCUT2D eigenvalue weighted by Gasteiger charge is 2.38. The van der Waals surface area contributed by atoms with Gasteiger partial charge < -0.3 is 0 Å². The zero-order chi connectivity index (χ0) is 14.2. The van der Waals surface area contributed by atoms with Crippen LogP contribution in [0.3, 0.4) is 0 Å². The van der Waals surface area contributed by atoms with Gasteiger partial charge in [0.2, 0.25) is 10.0 Å². The molecule has 3 nitrogen and oxygen atoms in total. The van der Waals surface area contributed by atoms with Crippen LogP contribution in [0.2, 0.25) is 0 Å². The van der Waals surface area contributed by atoms with Gasteiger partial charge in [-0.2, -0.15) is 4.31 Å². The molecule has 0 atom stereocenters. The quantitative estimate of drug-likeness (QED) is 0.784. The van der Waals surface area contributed by atoms with Crippen LogP contribution in [0.1, 0.15) is 25.3 Å². The number of hydrogen-bond donors (Lipinski definition) is 0. The third-order valence-corrected chi connectivity index (χ3v) is 5.40. The second kappa shape index (κ2) is 5.34. The minimum absolute atomic E-state index is 0.0741. The Bertz CT molecular complexity index is 588. The molecule has 1 aliphatic rings. The van der Waals surface area contributed by atoms with Crippen molar-refractivity contribution in [1.29, 1.82) is 0 Å². The third-order valence-electron chi connectivity index (χ3n) is 3.06. The Labute approximate surface area is 116 Å². The molecular formula is C12H14ClF2NO2S. The average molecular weight is 310 g/mol. The zero-order valence-corrected chi connectivity index (χ0v) is 11.9. The van der Waals surface area contributed by atoms with Crippen molar-refractivity contribution >= 4 is 21.6 Å². The summed E-state index contributed by atoms with van der Waals surface area (Å²) in [5.74, 6) is -2.61. The Morgan fingerprint density at radius 2 is 2.00 bits per heavy atom. The smallest absolute Gasteiger partial charge is 0.207 e. The molecular weight excluding hydrogens is 296 g/mol. The van der Waals surface area contributed by atoms with E-state index in [0.717, 1.165) is 25.0 Å². The fourth-order valence-corrected chi connectivity index (χ4v) is 3.97. The lowest BCUT2D eigenvalue weighted by atomic mass is 10.2. The van der Waals surface area contributed by atoms with Crippen LogP contribution in [0.4, 0.5) is 8.78 Å². The van der Waals surface area contributed by atoms with Crippen LogP contribution in [0, 0.1) is 11.6 Å². The summed E-state index contributed by atoms with van der Waals surface area (Å²) in [4.78, 5) is -0.628. The maximum absolute atomic E-state index is 13.8. The lowest BCUT2D eigenvalue weighted by Crippen LogP contribution is -2.33. The Balaban J connectivity index is 2.53. The summed E-state index contributed by atoms with van der Waals surface area (Å²) in [5.41, 5.74) is 0.242. The second-order valence-corrected chi connectivity index (χ2v) is 6.59. The van der Waals surface area contributed by atoms with Crippen molar-refractivity contribution < 1.29 is 17.2 Å². The van der Waals surface area contributed by atoms with Gasteiger partial charge >= 0.3 is 0 Å². The molecule has 106 valence electrons. The fraction of sp³-hybridized carbons (Fsp3) is 0.500. The lowest BCUT2D eigenvalue weighted by Gasteiger charge is -2.20. The molecule has 0 radical (unpaired) electrons. The van der Waals surface area contributed by atoms with E-state index < -0.39 is 26.6 Å². The van der Waals surface area contributed by atoms with E-state index in [1.165, 1.54) is 4.31 Å². The van der Waals surface area contributed by atoms with E-state index in [4.69, 9.17) is 11.6 Å². The zero-order valence-electron chi connectivity index (χ0n) is 10.4. The van der Waals surface area contributed by atoms with Gasteiger partial charge in [-0.25, -0.2) is 17.2 Å². The topological polar surface area (TPSA) is 37.4 Å². The summed E-state index contributed by atoms with van der Waals surface area (Å²) >= 11 is 5.56. The molecule has 1 fully saturated rings. The minimum atomic E-state index is -4.01. The number of benzene rings is 1. The molecule has 1 aliphatic carbocycles. The van der Waals surface area contributed by atoms with E-state index in [1.54, 1.807) is 6.92 Å². The van der Waals surface area contributed by atoms with E-state index >= 15 is 0 Å². The number of sulfonamides is 1. The van der Waals surface area contributed by atoms with Crippen molar-refractivity contribution in [2.75, 3.05) is 6.54 Å². The van der Waals surface area contributed by atoms with Gasteiger partial charge in [0.05, 0.1) is 0 Å². The molecule has 7 heteroatoms. The normalized spacial score (nSPS) is 16.1. The van der Waals surface area contributed by atoms with E-state index in [0.29, 0.717) is 0 Å². The molecule has 2 rings (SSSR count). The number of nitrogens with zero attached hydrogens (tertiary/aromatic N) is 1. The van der Waals surface area contributed by atoms with Gasteiger partial charge in [-0.05, 0) is 30.5 Å². The van der Waals surface area contributed by atoms with Crippen molar-refractivity contribution in [2.24, 2.45) is 0 Å². The summed E-state index contributed by atoms with van der Waals surface area (Å²) in [5, 5.41) is 0. The first-order chi connectivity index (χ1) is 8.91. The molecule has 0 aromatic heterocycles. The molecule has 1 aromatic rings. The summed E-state index contributed by atoms with van der Waals surface area (Å²) in [6.07, 6.45) is 1.51. The van der Waals surface area contributed by atoms with Gasteiger partial charge in [-0.3, -0.25) is 0 Å². The van der Waals surface area contributed by atoms with Crippen molar-refractivity contribution in [3.63, 3.8) is 0 Å². The third kappa shape index (κ3) is 2.75. The fourth-order valence-electron chi connectivity index (χ4n) is 2.00. The number of halogens is 3. The molecule has 0 heterocycles. The van der Waals surface area contributed by atoms with E-state index in [1.807, 2.05) is 0 Å². The molecule has 0 amide bonds. The van der Waals surface area contributed by atoms with Crippen LogP contribution in [0.25, 0.3) is 0 Å². The molecule has 0 bridgehead atoms. The van der Waals surface area contributed by atoms with Crippen molar-refractivity contribution in [3.05, 3.63) is 29.3 Å². The number of rotatable bonds is 5. The van der Waals surface area contributed by atoms with Gasteiger partial charge in [0.1, 0.15) is 4.90 Å². The second-order valence-electron chi connectivity index (χ2n) is 4.46. The first-order valence-electron chi connectivity index (χ1n) is 5.97. The molecule has 0 N–H and O–H groups in total. The predicted octanol–water partition coefficient (Wildman–Crippen LogP) is 2.88. The summed E-state index contributed by atoms with van der Waals surface area (Å²) in [7, 11) is -4.01. The van der Waals surface area contributed by atoms with Crippen LogP contribution >= 0.6 is 11.6 Å². The highest BCUT2D eigenvalue weighted by molar-refractivity contribution is 7.89. The highest BCUT2D eigenvalue weighted by atomic mass is 35.5. The summed E-state index contributed by atoms with van der Waals surface area (Å²) < 4.78 is 53.1. The maximum Gasteiger partial charge on any atom is 0.246 e. The van der Waals surface area contributed by atoms with E-state index in [9.17, 15) is 17.2 Å². The van der Waals surface area contributed by atoms with Gasteiger partial charge in [0, 0.05) is 18.5 Å². The average Bonchev–Trinajstić information content (AvgIpc) is 3.17. The Morgan fingerprint density at radius 3 is 2.47 bits per heavy atom. The van der Waals surface area contributed by atoms with E-state index in [-0.39, 0.29) is 24.0 Å². The van der Waals surface area contributed by atoms with Gasteiger partial charge in [0.25, 0.3) is 0 Å². The standard InChI is InChI=1S/C12H14ClF2NO2S/c1-2-16(9-3-4-9)19(17,18)11-6-8(7-13)5-10(14)12(11)15/h5-6,9H,2-4,7H2,1H3. The minimum Gasteiger partial charge on any atom is -0.207 e. The van der Waals surface area contributed by atoms with Gasteiger partial charge in [-0.1, -0.05) is 6.92 Å². The van der Waals surface area contributed by atoms with Crippen molar-refractivity contribution in [1.82, 2.24) is 4.31 Å². The molecule has 0 saturated heterocycles. The molecule has 0 unspecified atom stereocenters. The van der Waals surface area contributed by atoms with Crippen LogP contribution < -0.4 is 0 Å². The van der Waals surface area contributed by atoms with Crippen LogP contribution in [0.15, 0.2) is 17.0 Å². The summed E-state index contributed by atoms with van der Waals surface area (Å²) in [6.45, 7) is 1.91. The monoisotopic (exact) mass is 309 g/mol. The Morgan fingerprint density at radius 1 is 1.37 bits per heavy atom. The molecule has 1 saturated carbocycles. The van der Waals surface area contributed by atoms with Crippen molar-refractivity contribution in [3.8, 4) is 0 Å². The van der Waals surface area contributed by atoms with Crippen LogP contribution in [-0.2, 0) is 15.9 Å². The molecule has 0 spiro atoms. The van der Waals surface area contributed by atoms with Gasteiger partial charge in [-0.15, -0.1) is 11.6 Å². The largest absolute Gasteiger partial charge is 0.246 e. The first kappa shape index (κ1) is 14.7. The molecule has 19 heavy (non-hydrogen) atoms. The maximum atomic E-state index is 13.8. The Hall–Kier alpha value is -0.720. The van der Waals surface area contributed by atoms with E-state index in [2.05, 4.69) is 0 Å². The Kier molecular flexibility index (Phi) is 4.13. The summed E-state index contributed by atoms with van der Waals surface area (Å²) in [6, 6.07) is 1.91. The SMILES string of the molecule is CCN(C1CC1)S(=O)(=O)c1cc(CCl)cc(F)c1F. The van der Waals surface area contributed by atoms with Crippen LogP contribution in [-0.4, -0.2) is 25.3 Å². The van der Waals surface area contributed by atoms with Crippen molar-refractivity contribution in [2.45, 2.75) is 36.6 Å². The molecule has 0 aliphatic heterocycles. The predicted molar refractivity (Wildman–Crippen MR) is 68.5 cm³/mol. The molecule has 1 aromatic carbocycles. The first-order valence-corrected chi connectivity index (χ1v) is 7.95. The number of hydrogen-bond acceptors (Lipinski definition) is 2.